The van der Waals surface area contributed by atoms with Crippen molar-refractivity contribution in [3.05, 3.63) is 59.2 Å². The molecule has 1 aliphatic carbocycles. The zero-order valence-corrected chi connectivity index (χ0v) is 18.7. The number of likely N-dealkylation sites (tertiary alicyclic amines) is 1. The van der Waals surface area contributed by atoms with Crippen LogP contribution in [0.3, 0.4) is 0 Å². The molecule has 2 unspecified atom stereocenters. The number of Topliss-reactive ketones (excluding diaryl/α,β-unsaturated/α-hetero) is 1. The van der Waals surface area contributed by atoms with E-state index < -0.39 is 12.0 Å². The molecule has 0 aromatic heterocycles. The Hall–Kier alpha value is -2.36. The topological polar surface area (TPSA) is 84.9 Å². The van der Waals surface area contributed by atoms with E-state index in [0.29, 0.717) is 31.6 Å². The Balaban J connectivity index is 1.53. The monoisotopic (exact) mass is 460 g/mol. The summed E-state index contributed by atoms with van der Waals surface area (Å²) < 4.78 is 14.7. The smallest absolute Gasteiger partial charge is 0.303 e. The van der Waals surface area contributed by atoms with Gasteiger partial charge in [0.1, 0.15) is 5.82 Å². The van der Waals surface area contributed by atoms with Crippen LogP contribution in [0, 0.1) is 11.7 Å². The molecule has 0 radical (unpaired) electrons. The minimum absolute atomic E-state index is 0.0245. The number of hydrogen-bond donors (Lipinski definition) is 4. The fraction of sp³-hybridized carbons (Fsp3) is 0.478. The van der Waals surface area contributed by atoms with E-state index in [9.17, 15) is 14.0 Å². The average molecular weight is 461 g/mol. The van der Waals surface area contributed by atoms with Crippen LogP contribution >= 0.6 is 12.6 Å². The number of carboxylic acid groups (broad SMARTS) is 1. The van der Waals surface area contributed by atoms with E-state index in [0.717, 1.165) is 30.5 Å². The molecule has 1 saturated heterocycles. The maximum atomic E-state index is 14.7. The molecular weight excluding hydrogens is 431 g/mol. The van der Waals surface area contributed by atoms with Crippen LogP contribution in [0.1, 0.15) is 43.7 Å². The van der Waals surface area contributed by atoms with E-state index in [1.54, 1.807) is 18.2 Å². The van der Waals surface area contributed by atoms with Gasteiger partial charge in [-0.25, -0.2) is 4.39 Å². The second kappa shape index (κ2) is 10.1. The Labute approximate surface area is 192 Å². The van der Waals surface area contributed by atoms with Crippen LogP contribution in [0.2, 0.25) is 0 Å². The molecule has 2 heterocycles. The number of halogens is 1. The van der Waals surface area contributed by atoms with Gasteiger partial charge in [-0.15, -0.1) is 5.53 Å². The van der Waals surface area contributed by atoms with Crippen LogP contribution in [0.25, 0.3) is 0 Å². The number of nitrogens with zero attached hydrogens (tertiary/aromatic N) is 2. The van der Waals surface area contributed by atoms with Gasteiger partial charge in [0.25, 0.3) is 0 Å². The molecule has 3 N–H and O–H groups in total. The number of benzene rings is 1. The summed E-state index contributed by atoms with van der Waals surface area (Å²) in [6.07, 6.45) is 6.96. The van der Waals surface area contributed by atoms with E-state index in [2.05, 4.69) is 15.9 Å². The molecule has 9 heteroatoms. The molecule has 0 bridgehead atoms. The first-order valence-corrected chi connectivity index (χ1v) is 11.6. The van der Waals surface area contributed by atoms with Crippen molar-refractivity contribution in [2.24, 2.45) is 5.92 Å². The third-order valence-electron chi connectivity index (χ3n) is 6.15. The highest BCUT2D eigenvalue weighted by molar-refractivity contribution is 7.81. The van der Waals surface area contributed by atoms with Crippen molar-refractivity contribution in [2.45, 2.75) is 43.4 Å². The predicted octanol–water partition coefficient (Wildman–Crippen LogP) is 2.81. The molecule has 1 saturated carbocycles. The number of allylic oxidation sites excluding steroid dienone is 1. The zero-order chi connectivity index (χ0) is 22.7. The molecule has 0 amide bonds. The van der Waals surface area contributed by atoms with Crippen molar-refractivity contribution in [3.63, 3.8) is 0 Å². The number of thiol groups is 1. The number of aliphatic carboxylic acids is 1. The predicted molar refractivity (Wildman–Crippen MR) is 122 cm³/mol. The number of carbonyl (C=O) groups is 2. The quantitative estimate of drug-likeness (QED) is 0.422. The van der Waals surface area contributed by atoms with Crippen LogP contribution in [0.5, 0.6) is 0 Å². The Kier molecular flexibility index (Phi) is 7.17. The number of piperidine rings is 1. The third kappa shape index (κ3) is 5.33. The second-order valence-corrected chi connectivity index (χ2v) is 9.19. The highest BCUT2D eigenvalue weighted by Gasteiger charge is 2.41. The molecule has 2 atom stereocenters. The molecule has 32 heavy (non-hydrogen) atoms. The summed E-state index contributed by atoms with van der Waals surface area (Å²) in [7, 11) is 0. The normalized spacial score (nSPS) is 23.7. The highest BCUT2D eigenvalue weighted by atomic mass is 32.1. The second-order valence-electron chi connectivity index (χ2n) is 8.57. The lowest BCUT2D eigenvalue weighted by Crippen LogP contribution is -2.43. The molecule has 1 aromatic carbocycles. The van der Waals surface area contributed by atoms with E-state index in [1.165, 1.54) is 6.07 Å². The number of ketones is 1. The lowest BCUT2D eigenvalue weighted by atomic mass is 9.93. The summed E-state index contributed by atoms with van der Waals surface area (Å²) in [5, 5.41) is 10.8. The van der Waals surface area contributed by atoms with Gasteiger partial charge in [0.2, 0.25) is 0 Å². The van der Waals surface area contributed by atoms with Gasteiger partial charge in [-0.1, -0.05) is 18.2 Å². The largest absolute Gasteiger partial charge is 0.481 e. The molecule has 0 spiro atoms. The maximum absolute atomic E-state index is 14.7. The van der Waals surface area contributed by atoms with Gasteiger partial charge in [-0.3, -0.25) is 19.5 Å². The Morgan fingerprint density at radius 1 is 1.28 bits per heavy atom. The third-order valence-corrected chi connectivity index (χ3v) is 6.74. The summed E-state index contributed by atoms with van der Waals surface area (Å²) in [4.78, 5) is 26.1. The molecule has 1 aromatic rings. The summed E-state index contributed by atoms with van der Waals surface area (Å²) in [6.45, 7) is 1.72. The fourth-order valence-electron chi connectivity index (χ4n) is 4.28. The van der Waals surface area contributed by atoms with Crippen LogP contribution in [0.4, 0.5) is 4.39 Å². The first-order valence-electron chi connectivity index (χ1n) is 11.1. The molecule has 2 fully saturated rings. The van der Waals surface area contributed by atoms with Gasteiger partial charge < -0.3 is 10.5 Å². The van der Waals surface area contributed by atoms with Gasteiger partial charge in [0.05, 0.1) is 11.7 Å². The van der Waals surface area contributed by atoms with Gasteiger partial charge in [-0.2, -0.15) is 12.6 Å². The van der Waals surface area contributed by atoms with Crippen molar-refractivity contribution >= 4 is 24.4 Å². The Bertz CT molecular complexity index is 934. The van der Waals surface area contributed by atoms with E-state index in [4.69, 9.17) is 17.7 Å². The summed E-state index contributed by atoms with van der Waals surface area (Å²) >= 11 is 4.76. The van der Waals surface area contributed by atoms with Crippen LogP contribution in [-0.2, 0) is 9.59 Å². The van der Waals surface area contributed by atoms with E-state index in [1.807, 2.05) is 17.3 Å². The van der Waals surface area contributed by atoms with Gasteiger partial charge in [-0.05, 0) is 43.4 Å². The van der Waals surface area contributed by atoms with Gasteiger partial charge in [0, 0.05) is 49.0 Å². The number of rotatable bonds is 9. The van der Waals surface area contributed by atoms with Crippen LogP contribution in [-0.4, -0.2) is 51.7 Å². The molecule has 172 valence electrons. The Morgan fingerprint density at radius 2 is 2.06 bits per heavy atom. The van der Waals surface area contributed by atoms with E-state index >= 15 is 0 Å². The standard InChI is InChI=1S/C23H29FN4O3S/c24-19-5-2-1-4-18(19)22(23(31)15-7-8-15)27-11-9-20(32)16(14-27)12-17-13-25-26-28(17)10-3-6-21(29)30/h1-2,4-5,12-13,15,20,22,25-26,32H,3,6-11,14H2,(H,29,30). The minimum Gasteiger partial charge on any atom is -0.481 e. The maximum Gasteiger partial charge on any atom is 0.303 e. The van der Waals surface area contributed by atoms with Crippen LogP contribution in [0.15, 0.2) is 47.8 Å². The summed E-state index contributed by atoms with van der Waals surface area (Å²) in [5.41, 5.74) is 8.33. The summed E-state index contributed by atoms with van der Waals surface area (Å²) in [5.74, 6) is -1.04. The molecule has 4 rings (SSSR count). The average Bonchev–Trinajstić information content (AvgIpc) is 3.53. The van der Waals surface area contributed by atoms with Gasteiger partial charge in [0.15, 0.2) is 5.78 Å². The van der Waals surface area contributed by atoms with Crippen LogP contribution < -0.4 is 11.0 Å². The number of nitrogens with one attached hydrogen (secondary N) is 2. The fourth-order valence-corrected chi connectivity index (χ4v) is 4.55. The lowest BCUT2D eigenvalue weighted by Gasteiger charge is -2.38. The number of hydrazine groups is 2. The highest BCUT2D eigenvalue weighted by Crippen LogP contribution is 2.39. The Morgan fingerprint density at radius 3 is 2.78 bits per heavy atom. The van der Waals surface area contributed by atoms with Crippen molar-refractivity contribution in [1.82, 2.24) is 20.9 Å². The van der Waals surface area contributed by atoms with E-state index in [-0.39, 0.29) is 29.2 Å². The number of carboxylic acids is 1. The van der Waals surface area contributed by atoms with Crippen molar-refractivity contribution in [1.29, 1.82) is 0 Å². The zero-order valence-electron chi connectivity index (χ0n) is 17.8. The van der Waals surface area contributed by atoms with Crippen molar-refractivity contribution in [2.75, 3.05) is 19.6 Å². The lowest BCUT2D eigenvalue weighted by molar-refractivity contribution is -0.137. The number of hydrogen-bond acceptors (Lipinski definition) is 7. The molecular formula is C23H29FN4O3S. The number of carbonyl (C=O) groups excluding carboxylic acids is 1. The minimum atomic E-state index is -0.820. The van der Waals surface area contributed by atoms with Gasteiger partial charge >= 0.3 is 5.97 Å². The SMILES string of the molecule is O=C(O)CCCN1NNC=C1C=C1CN(C(C(=O)C2CC2)c2ccccc2F)CCC1S. The first-order chi connectivity index (χ1) is 15.4. The molecule has 7 nitrogen and oxygen atoms in total. The van der Waals surface area contributed by atoms with Crippen molar-refractivity contribution < 1.29 is 19.1 Å². The van der Waals surface area contributed by atoms with Crippen molar-refractivity contribution in [3.8, 4) is 0 Å². The molecule has 2 aliphatic heterocycles. The summed E-state index contributed by atoms with van der Waals surface area (Å²) in [6, 6.07) is 5.97. The molecule has 3 aliphatic rings. The first kappa shape index (κ1) is 22.8.